The molecule has 1 aliphatic rings. The molecule has 0 radical (unpaired) electrons. The predicted molar refractivity (Wildman–Crippen MR) is 112 cm³/mol. The molecule has 0 spiro atoms. The van der Waals surface area contributed by atoms with Crippen LogP contribution in [-0.4, -0.2) is 34.6 Å². The quantitative estimate of drug-likeness (QED) is 0.455. The zero-order chi connectivity index (χ0) is 20.5. The van der Waals surface area contributed by atoms with Gasteiger partial charge in [-0.1, -0.05) is 18.2 Å². The molecule has 150 valence electrons. The topological polar surface area (TPSA) is 38.8 Å². The van der Waals surface area contributed by atoms with E-state index in [9.17, 15) is 4.79 Å². The third-order valence-corrected chi connectivity index (χ3v) is 5.81. The van der Waals surface area contributed by atoms with Crippen molar-refractivity contribution in [1.82, 2.24) is 4.90 Å². The van der Waals surface area contributed by atoms with Gasteiger partial charge in [-0.25, -0.2) is 0 Å². The van der Waals surface area contributed by atoms with Gasteiger partial charge in [0.15, 0.2) is 0 Å². The van der Waals surface area contributed by atoms with Crippen molar-refractivity contribution < 1.29 is 33.6 Å². The predicted octanol–water partition coefficient (Wildman–Crippen LogP) is 4.87. The fourth-order valence-electron chi connectivity index (χ4n) is 3.32. The number of hydrogen-bond donors (Lipinski definition) is 0. The fourth-order valence-corrected chi connectivity index (χ4v) is 4.05. The van der Waals surface area contributed by atoms with Crippen LogP contribution < -0.4 is 4.74 Å². The molecule has 0 N–H and O–H groups in total. The number of nitrogens with zero attached hydrogens (tertiary/aromatic N) is 1. The number of piperidine rings is 1. The second kappa shape index (κ2) is 11.0. The minimum absolute atomic E-state index is 0.0872. The molecule has 1 fully saturated rings. The van der Waals surface area contributed by atoms with Crippen molar-refractivity contribution in [3.05, 3.63) is 90.5 Å². The standard InChI is InChI=1S/C24H25NO3.W/c1-3-10-19(2)23(20-11-6-4-7-12-20)27-22-15-17-25(18-16-22)24(26)28-21-13-8-5-9-14-21;/h2-14,22-23H,1,15-18H2;/b19-10+;. The number of carbonyl (C=O) groups is 1. The number of amides is 1. The van der Waals surface area contributed by atoms with Gasteiger partial charge in [0, 0.05) is 0 Å². The molecule has 3 rings (SSSR count). The fraction of sp³-hybridized carbons (Fsp3) is 0.250. The molecule has 1 heterocycles. The van der Waals surface area contributed by atoms with Crippen LogP contribution in [0.4, 0.5) is 4.79 Å². The summed E-state index contributed by atoms with van der Waals surface area (Å²) >= 11 is 1.37. The van der Waals surface area contributed by atoms with Gasteiger partial charge < -0.3 is 0 Å². The van der Waals surface area contributed by atoms with E-state index < -0.39 is 0 Å². The molecule has 29 heavy (non-hydrogen) atoms. The van der Waals surface area contributed by atoms with Crippen LogP contribution in [0.3, 0.4) is 0 Å². The van der Waals surface area contributed by atoms with E-state index in [4.69, 9.17) is 9.47 Å². The molecular weight excluding hydrogens is 534 g/mol. The van der Waals surface area contributed by atoms with Crippen molar-refractivity contribution in [3.8, 4) is 5.75 Å². The van der Waals surface area contributed by atoms with Crippen molar-refractivity contribution in [2.24, 2.45) is 0 Å². The SMILES string of the molecule is C=C/C=C(\[CH]=[W])C(OC1CCN(C(=O)Oc2ccccc2)CC1)c1ccccc1. The molecule has 0 saturated carbocycles. The van der Waals surface area contributed by atoms with Gasteiger partial charge in [-0.05, 0) is 0 Å². The number of carbonyl (C=O) groups excluding carboxylic acids is 1. The summed E-state index contributed by atoms with van der Waals surface area (Å²) < 4.78 is 14.1. The average molecular weight is 559 g/mol. The summed E-state index contributed by atoms with van der Waals surface area (Å²) in [6, 6.07) is 19.4. The Hall–Kier alpha value is -2.29. The van der Waals surface area contributed by atoms with Crippen molar-refractivity contribution in [2.45, 2.75) is 25.0 Å². The van der Waals surface area contributed by atoms with Gasteiger partial charge >= 0.3 is 165 Å². The molecule has 0 aromatic heterocycles. The van der Waals surface area contributed by atoms with Gasteiger partial charge in [-0.3, -0.25) is 0 Å². The molecule has 1 unspecified atom stereocenters. The summed E-state index contributed by atoms with van der Waals surface area (Å²) in [5.41, 5.74) is 2.25. The average Bonchev–Trinajstić information content (AvgIpc) is 2.78. The maximum atomic E-state index is 12.4. The molecule has 0 bridgehead atoms. The Kier molecular flexibility index (Phi) is 8.15. The summed E-state index contributed by atoms with van der Waals surface area (Å²) in [7, 11) is 0. The van der Waals surface area contributed by atoms with E-state index in [0.717, 1.165) is 24.0 Å². The third kappa shape index (κ3) is 6.09. The van der Waals surface area contributed by atoms with Gasteiger partial charge in [-0.15, -0.1) is 0 Å². The van der Waals surface area contributed by atoms with Crippen LogP contribution in [0.15, 0.2) is 85.0 Å². The van der Waals surface area contributed by atoms with Crippen molar-refractivity contribution in [1.29, 1.82) is 0 Å². The molecule has 5 heteroatoms. The van der Waals surface area contributed by atoms with Gasteiger partial charge in [0.2, 0.25) is 0 Å². The molecule has 0 aliphatic carbocycles. The second-order valence-corrected chi connectivity index (χ2v) is 7.66. The van der Waals surface area contributed by atoms with Crippen LogP contribution in [0.5, 0.6) is 5.75 Å². The van der Waals surface area contributed by atoms with Gasteiger partial charge in [0.05, 0.1) is 0 Å². The van der Waals surface area contributed by atoms with E-state index in [1.807, 2.05) is 42.5 Å². The van der Waals surface area contributed by atoms with Gasteiger partial charge in [-0.2, -0.15) is 0 Å². The van der Waals surface area contributed by atoms with E-state index in [-0.39, 0.29) is 18.3 Å². The molecule has 1 amide bonds. The molecule has 1 aliphatic heterocycles. The Labute approximate surface area is 183 Å². The number of ether oxygens (including phenoxy) is 2. The van der Waals surface area contributed by atoms with E-state index in [0.29, 0.717) is 18.8 Å². The van der Waals surface area contributed by atoms with Crippen molar-refractivity contribution in [2.75, 3.05) is 13.1 Å². The normalized spacial score (nSPS) is 16.1. The van der Waals surface area contributed by atoms with Crippen LogP contribution in [0.2, 0.25) is 0 Å². The van der Waals surface area contributed by atoms with Gasteiger partial charge in [0.25, 0.3) is 0 Å². The van der Waals surface area contributed by atoms with Crippen LogP contribution in [0.25, 0.3) is 0 Å². The molecule has 1 atom stereocenters. The summed E-state index contributed by atoms with van der Waals surface area (Å²) in [5, 5.41) is 0. The first-order valence-corrected chi connectivity index (χ1v) is 11.4. The van der Waals surface area contributed by atoms with Crippen molar-refractivity contribution >= 4 is 10.5 Å². The Morgan fingerprint density at radius 3 is 2.28 bits per heavy atom. The van der Waals surface area contributed by atoms with Crippen LogP contribution in [0, 0.1) is 0 Å². The molecular formula is C24H25NO3W. The number of allylic oxidation sites excluding steroid dienone is 2. The summed E-state index contributed by atoms with van der Waals surface area (Å²) in [6.07, 6.45) is 5.04. The minimum atomic E-state index is -0.299. The van der Waals surface area contributed by atoms with Crippen LogP contribution in [0.1, 0.15) is 24.5 Å². The Morgan fingerprint density at radius 2 is 1.69 bits per heavy atom. The first-order valence-electron chi connectivity index (χ1n) is 9.71. The van der Waals surface area contributed by atoms with Gasteiger partial charge in [0.1, 0.15) is 0 Å². The maximum absolute atomic E-state index is 12.4. The van der Waals surface area contributed by atoms with E-state index in [1.54, 1.807) is 23.1 Å². The molecule has 2 aromatic rings. The second-order valence-electron chi connectivity index (χ2n) is 6.81. The monoisotopic (exact) mass is 559 g/mol. The summed E-state index contributed by atoms with van der Waals surface area (Å²) in [6.45, 7) is 5.08. The zero-order valence-corrected chi connectivity index (χ0v) is 19.2. The first kappa shape index (κ1) is 21.4. The summed E-state index contributed by atoms with van der Waals surface area (Å²) in [5.74, 6) is 0.570. The molecule has 1 saturated heterocycles. The van der Waals surface area contributed by atoms with Crippen LogP contribution >= 0.6 is 0 Å². The number of para-hydroxylation sites is 1. The van der Waals surface area contributed by atoms with Crippen molar-refractivity contribution in [3.63, 3.8) is 0 Å². The van der Waals surface area contributed by atoms with E-state index in [2.05, 4.69) is 23.1 Å². The Morgan fingerprint density at radius 1 is 1.07 bits per heavy atom. The van der Waals surface area contributed by atoms with Crippen LogP contribution in [-0.2, 0) is 24.1 Å². The Bertz CT molecular complexity index is 843. The number of benzene rings is 2. The third-order valence-electron chi connectivity index (χ3n) is 4.83. The number of likely N-dealkylation sites (tertiary alicyclic amines) is 1. The number of hydrogen-bond acceptors (Lipinski definition) is 3. The summed E-state index contributed by atoms with van der Waals surface area (Å²) in [4.78, 5) is 14.1. The van der Waals surface area contributed by atoms with E-state index in [1.165, 1.54) is 19.4 Å². The molecule has 2 aromatic carbocycles. The Balaban J connectivity index is 1.61. The van der Waals surface area contributed by atoms with E-state index >= 15 is 0 Å². The first-order chi connectivity index (χ1) is 14.2. The molecule has 4 nitrogen and oxygen atoms in total. The zero-order valence-electron chi connectivity index (χ0n) is 16.3. The number of rotatable bonds is 7.